The summed E-state index contributed by atoms with van der Waals surface area (Å²) in [6.45, 7) is 0. The van der Waals surface area contributed by atoms with Crippen LogP contribution in [-0.2, 0) is 14.8 Å². The maximum absolute atomic E-state index is 12.6. The number of halogens is 1. The molecule has 0 bridgehead atoms. The molecule has 0 fully saturated rings. The first-order valence-corrected chi connectivity index (χ1v) is 12.3. The third-order valence-electron chi connectivity index (χ3n) is 4.77. The van der Waals surface area contributed by atoms with E-state index >= 15 is 0 Å². The van der Waals surface area contributed by atoms with Crippen molar-refractivity contribution < 1.29 is 13.2 Å². The number of carbonyl (C=O) groups excluding carboxylic acids is 1. The summed E-state index contributed by atoms with van der Waals surface area (Å²) >= 11 is 2.15. The van der Waals surface area contributed by atoms with E-state index < -0.39 is 10.0 Å². The van der Waals surface area contributed by atoms with Gasteiger partial charge in [-0.2, -0.15) is 0 Å². The SMILES string of the molecule is O=C(/C=C/c1cccc2ccccc12)Nc1ccc(S(=O)(=O)Nc2ccc(I)cc2)cc1. The Kier molecular flexibility index (Phi) is 6.57. The Labute approximate surface area is 200 Å². The minimum Gasteiger partial charge on any atom is -0.323 e. The van der Waals surface area contributed by atoms with Crippen molar-refractivity contribution in [1.82, 2.24) is 0 Å². The Bertz CT molecular complexity index is 1390. The summed E-state index contributed by atoms with van der Waals surface area (Å²) in [4.78, 5) is 12.5. The number of nitrogens with one attached hydrogen (secondary N) is 2. The van der Waals surface area contributed by atoms with Crippen molar-refractivity contribution in [2.45, 2.75) is 4.90 Å². The molecule has 0 heterocycles. The van der Waals surface area contributed by atoms with Gasteiger partial charge < -0.3 is 5.32 Å². The summed E-state index contributed by atoms with van der Waals surface area (Å²) in [6.07, 6.45) is 3.23. The molecule has 0 aliphatic carbocycles. The first-order chi connectivity index (χ1) is 15.4. The zero-order valence-electron chi connectivity index (χ0n) is 16.8. The van der Waals surface area contributed by atoms with Crippen LogP contribution in [0.4, 0.5) is 11.4 Å². The van der Waals surface area contributed by atoms with Gasteiger partial charge in [-0.3, -0.25) is 9.52 Å². The number of carbonyl (C=O) groups is 1. The van der Waals surface area contributed by atoms with Crippen LogP contribution in [0.15, 0.2) is 102 Å². The predicted molar refractivity (Wildman–Crippen MR) is 138 cm³/mol. The van der Waals surface area contributed by atoms with Gasteiger partial charge in [0, 0.05) is 21.0 Å². The quantitative estimate of drug-likeness (QED) is 0.230. The van der Waals surface area contributed by atoms with Gasteiger partial charge in [0.1, 0.15) is 0 Å². The van der Waals surface area contributed by atoms with E-state index in [2.05, 4.69) is 32.6 Å². The zero-order chi connectivity index (χ0) is 22.6. The number of rotatable bonds is 6. The monoisotopic (exact) mass is 554 g/mol. The van der Waals surface area contributed by atoms with Gasteiger partial charge in [-0.25, -0.2) is 8.42 Å². The molecular formula is C25H19IN2O3S. The average Bonchev–Trinajstić information content (AvgIpc) is 2.79. The molecule has 5 nitrogen and oxygen atoms in total. The van der Waals surface area contributed by atoms with Crippen LogP contribution < -0.4 is 10.0 Å². The highest BCUT2D eigenvalue weighted by Gasteiger charge is 2.14. The van der Waals surface area contributed by atoms with E-state index in [1.807, 2.05) is 54.6 Å². The van der Waals surface area contributed by atoms with Crippen molar-refractivity contribution >= 4 is 66.7 Å². The van der Waals surface area contributed by atoms with Crippen LogP contribution in [0.3, 0.4) is 0 Å². The molecule has 0 radical (unpaired) electrons. The average molecular weight is 554 g/mol. The molecule has 4 aromatic rings. The molecule has 32 heavy (non-hydrogen) atoms. The second-order valence-corrected chi connectivity index (χ2v) is 9.96. The summed E-state index contributed by atoms with van der Waals surface area (Å²) in [5.74, 6) is -0.300. The third-order valence-corrected chi connectivity index (χ3v) is 6.88. The van der Waals surface area contributed by atoms with E-state index in [0.717, 1.165) is 19.9 Å². The Morgan fingerprint density at radius 3 is 2.19 bits per heavy atom. The van der Waals surface area contributed by atoms with Crippen LogP contribution in [0.2, 0.25) is 0 Å². The number of amides is 1. The molecule has 0 unspecified atom stereocenters. The van der Waals surface area contributed by atoms with Gasteiger partial charge in [-0.1, -0.05) is 42.5 Å². The molecule has 0 saturated heterocycles. The number of benzene rings is 4. The molecule has 0 aliphatic heterocycles. The molecule has 0 aromatic heterocycles. The normalized spacial score (nSPS) is 11.5. The molecule has 0 saturated carbocycles. The number of hydrogen-bond acceptors (Lipinski definition) is 3. The Morgan fingerprint density at radius 1 is 0.781 bits per heavy atom. The van der Waals surface area contributed by atoms with Crippen molar-refractivity contribution in [3.05, 3.63) is 106 Å². The second-order valence-electron chi connectivity index (χ2n) is 7.03. The van der Waals surface area contributed by atoms with Crippen LogP contribution in [0.25, 0.3) is 16.8 Å². The van der Waals surface area contributed by atoms with Crippen molar-refractivity contribution in [2.24, 2.45) is 0 Å². The van der Waals surface area contributed by atoms with E-state index in [1.165, 1.54) is 18.2 Å². The van der Waals surface area contributed by atoms with E-state index in [1.54, 1.807) is 30.3 Å². The first-order valence-electron chi connectivity index (χ1n) is 9.76. The number of anilines is 2. The third kappa shape index (κ3) is 5.35. The number of hydrogen-bond donors (Lipinski definition) is 2. The molecule has 4 aromatic carbocycles. The van der Waals surface area contributed by atoms with Crippen LogP contribution in [-0.4, -0.2) is 14.3 Å². The van der Waals surface area contributed by atoms with E-state index in [-0.39, 0.29) is 10.8 Å². The van der Waals surface area contributed by atoms with Crippen LogP contribution in [0, 0.1) is 3.57 Å². The van der Waals surface area contributed by atoms with Gasteiger partial charge in [0.25, 0.3) is 10.0 Å². The molecule has 0 atom stereocenters. The Morgan fingerprint density at radius 2 is 1.44 bits per heavy atom. The summed E-state index contributed by atoms with van der Waals surface area (Å²) in [5, 5.41) is 4.92. The topological polar surface area (TPSA) is 75.3 Å². The lowest BCUT2D eigenvalue weighted by Crippen LogP contribution is -2.13. The summed E-state index contributed by atoms with van der Waals surface area (Å²) in [7, 11) is -3.72. The summed E-state index contributed by atoms with van der Waals surface area (Å²) in [6, 6.07) is 27.0. The van der Waals surface area contributed by atoms with Gasteiger partial charge in [-0.15, -0.1) is 0 Å². The van der Waals surface area contributed by atoms with Crippen LogP contribution in [0.1, 0.15) is 5.56 Å². The number of fused-ring (bicyclic) bond motifs is 1. The van der Waals surface area contributed by atoms with Gasteiger partial charge in [-0.05, 0) is 93.5 Å². The minimum absolute atomic E-state index is 0.111. The fourth-order valence-electron chi connectivity index (χ4n) is 3.19. The van der Waals surface area contributed by atoms with E-state index in [4.69, 9.17) is 0 Å². The molecule has 4 rings (SSSR count). The van der Waals surface area contributed by atoms with Gasteiger partial charge >= 0.3 is 0 Å². The van der Waals surface area contributed by atoms with Crippen molar-refractivity contribution in [1.29, 1.82) is 0 Å². The first kappa shape index (κ1) is 22.0. The fourth-order valence-corrected chi connectivity index (χ4v) is 4.61. The molecule has 0 spiro atoms. The van der Waals surface area contributed by atoms with Crippen LogP contribution >= 0.6 is 22.6 Å². The highest BCUT2D eigenvalue weighted by molar-refractivity contribution is 14.1. The smallest absolute Gasteiger partial charge is 0.261 e. The second kappa shape index (κ2) is 9.54. The standard InChI is InChI=1S/C25H19IN2O3S/c26-20-9-11-22(12-10-20)28-32(30,31)23-15-13-21(14-16-23)27-25(29)17-8-19-6-3-5-18-4-1-2-7-24(18)19/h1-17,28H,(H,27,29)/b17-8+. The van der Waals surface area contributed by atoms with Crippen LogP contribution in [0.5, 0.6) is 0 Å². The van der Waals surface area contributed by atoms with Crippen molar-refractivity contribution in [3.63, 3.8) is 0 Å². The van der Waals surface area contributed by atoms with Crippen molar-refractivity contribution in [2.75, 3.05) is 10.0 Å². The Hall–Kier alpha value is -3.17. The lowest BCUT2D eigenvalue weighted by molar-refractivity contribution is -0.111. The molecule has 2 N–H and O–H groups in total. The highest BCUT2D eigenvalue weighted by Crippen LogP contribution is 2.21. The van der Waals surface area contributed by atoms with Gasteiger partial charge in [0.15, 0.2) is 0 Å². The summed E-state index contributed by atoms with van der Waals surface area (Å²) < 4.78 is 28.7. The lowest BCUT2D eigenvalue weighted by Gasteiger charge is -2.09. The largest absolute Gasteiger partial charge is 0.323 e. The number of sulfonamides is 1. The fraction of sp³-hybridized carbons (Fsp3) is 0. The molecule has 0 aliphatic rings. The highest BCUT2D eigenvalue weighted by atomic mass is 127. The zero-order valence-corrected chi connectivity index (χ0v) is 19.8. The maximum Gasteiger partial charge on any atom is 0.261 e. The molecule has 160 valence electrons. The summed E-state index contributed by atoms with van der Waals surface area (Å²) in [5.41, 5.74) is 1.94. The minimum atomic E-state index is -3.72. The van der Waals surface area contributed by atoms with E-state index in [0.29, 0.717) is 11.4 Å². The van der Waals surface area contributed by atoms with Gasteiger partial charge in [0.2, 0.25) is 5.91 Å². The molecule has 7 heteroatoms. The molecular weight excluding hydrogens is 535 g/mol. The lowest BCUT2D eigenvalue weighted by atomic mass is 10.0. The maximum atomic E-state index is 12.6. The van der Waals surface area contributed by atoms with Gasteiger partial charge in [0.05, 0.1) is 4.90 Å². The van der Waals surface area contributed by atoms with E-state index in [9.17, 15) is 13.2 Å². The molecule has 1 amide bonds. The van der Waals surface area contributed by atoms with Crippen molar-refractivity contribution in [3.8, 4) is 0 Å². The predicted octanol–water partition coefficient (Wildman–Crippen LogP) is 5.90. The Balaban J connectivity index is 1.43.